The predicted octanol–water partition coefficient (Wildman–Crippen LogP) is 4.12. The second-order valence-electron chi connectivity index (χ2n) is 6.68. The summed E-state index contributed by atoms with van der Waals surface area (Å²) < 4.78 is 14.4. The van der Waals surface area contributed by atoms with Crippen molar-refractivity contribution in [1.82, 2.24) is 0 Å². The van der Waals surface area contributed by atoms with Crippen molar-refractivity contribution in [2.24, 2.45) is 11.7 Å². The zero-order chi connectivity index (χ0) is 15.4. The van der Waals surface area contributed by atoms with Gasteiger partial charge in [-0.25, -0.2) is 4.39 Å². The fourth-order valence-electron chi connectivity index (χ4n) is 3.24. The Hall–Kier alpha value is -1.09. The zero-order valence-electron chi connectivity index (χ0n) is 13.6. The maximum atomic E-state index is 14.4. The lowest BCUT2D eigenvalue weighted by atomic mass is 9.86. The molecule has 1 aromatic rings. The summed E-state index contributed by atoms with van der Waals surface area (Å²) in [7, 11) is 2.02. The number of halogens is 1. The number of nitrogens with zero attached hydrogens (tertiary/aromatic N) is 1. The third-order valence-electron chi connectivity index (χ3n) is 4.95. The predicted molar refractivity (Wildman–Crippen MR) is 88.2 cm³/mol. The highest BCUT2D eigenvalue weighted by Crippen LogP contribution is 2.30. The van der Waals surface area contributed by atoms with Crippen molar-refractivity contribution in [3.8, 4) is 0 Å². The summed E-state index contributed by atoms with van der Waals surface area (Å²) in [4.78, 5) is 2.13. The number of nitrogens with two attached hydrogens (primary N) is 1. The lowest BCUT2D eigenvalue weighted by Gasteiger charge is -2.35. The van der Waals surface area contributed by atoms with E-state index in [1.54, 1.807) is 6.07 Å². The largest absolute Gasteiger partial charge is 0.369 e. The molecule has 1 saturated carbocycles. The van der Waals surface area contributed by atoms with Gasteiger partial charge in [0.25, 0.3) is 0 Å². The third kappa shape index (κ3) is 4.19. The van der Waals surface area contributed by atoms with Crippen molar-refractivity contribution in [2.75, 3.05) is 11.9 Å². The molecule has 2 nitrogen and oxygen atoms in total. The summed E-state index contributed by atoms with van der Waals surface area (Å²) in [6.07, 6.45) is 6.50. The quantitative estimate of drug-likeness (QED) is 0.884. The van der Waals surface area contributed by atoms with E-state index >= 15 is 0 Å². The van der Waals surface area contributed by atoms with Crippen LogP contribution in [0.15, 0.2) is 18.2 Å². The normalized spacial score (nSPS) is 23.9. The Morgan fingerprint density at radius 1 is 1.29 bits per heavy atom. The smallest absolute Gasteiger partial charge is 0.146 e. The molecule has 0 saturated heterocycles. The van der Waals surface area contributed by atoms with Gasteiger partial charge in [-0.15, -0.1) is 0 Å². The van der Waals surface area contributed by atoms with Crippen molar-refractivity contribution >= 4 is 5.69 Å². The van der Waals surface area contributed by atoms with Gasteiger partial charge in [0.2, 0.25) is 0 Å². The third-order valence-corrected chi connectivity index (χ3v) is 4.95. The van der Waals surface area contributed by atoms with Gasteiger partial charge in [0.05, 0.1) is 5.69 Å². The number of hydrogen-bond donors (Lipinski definition) is 1. The molecule has 1 fully saturated rings. The van der Waals surface area contributed by atoms with Gasteiger partial charge in [0.1, 0.15) is 5.82 Å². The molecule has 0 aromatic heterocycles. The van der Waals surface area contributed by atoms with Crippen molar-refractivity contribution in [3.63, 3.8) is 0 Å². The van der Waals surface area contributed by atoms with E-state index in [-0.39, 0.29) is 11.9 Å². The highest BCUT2D eigenvalue weighted by molar-refractivity contribution is 5.49. The molecular weight excluding hydrogens is 263 g/mol. The maximum Gasteiger partial charge on any atom is 0.146 e. The molecule has 1 aliphatic rings. The van der Waals surface area contributed by atoms with Gasteiger partial charge in [-0.2, -0.15) is 0 Å². The van der Waals surface area contributed by atoms with E-state index in [1.165, 1.54) is 25.7 Å². The second kappa shape index (κ2) is 7.26. The first kappa shape index (κ1) is 16.3. The average molecular weight is 292 g/mol. The molecule has 1 unspecified atom stereocenters. The molecule has 2 rings (SSSR count). The monoisotopic (exact) mass is 292 g/mol. The first-order valence-electron chi connectivity index (χ1n) is 8.28. The molecule has 0 radical (unpaired) electrons. The molecule has 2 N–H and O–H groups in total. The van der Waals surface area contributed by atoms with Crippen LogP contribution in [0.4, 0.5) is 10.1 Å². The molecule has 0 amide bonds. The summed E-state index contributed by atoms with van der Waals surface area (Å²) in [6, 6.07) is 6.19. The topological polar surface area (TPSA) is 29.3 Å². The van der Waals surface area contributed by atoms with Gasteiger partial charge in [-0.1, -0.05) is 19.9 Å². The summed E-state index contributed by atoms with van der Waals surface area (Å²) in [6.45, 7) is 4.37. The Kier molecular flexibility index (Phi) is 5.63. The summed E-state index contributed by atoms with van der Waals surface area (Å²) in [5.41, 5.74) is 7.67. The van der Waals surface area contributed by atoms with Crippen LogP contribution in [0.25, 0.3) is 0 Å². The Morgan fingerprint density at radius 2 is 1.95 bits per heavy atom. The maximum absolute atomic E-state index is 14.4. The molecule has 0 spiro atoms. The number of hydrogen-bond acceptors (Lipinski definition) is 2. The Morgan fingerprint density at radius 3 is 2.52 bits per heavy atom. The van der Waals surface area contributed by atoms with Crippen LogP contribution < -0.4 is 10.6 Å². The molecular formula is C18H29FN2. The minimum absolute atomic E-state index is 0.114. The molecule has 0 heterocycles. The number of anilines is 1. The highest BCUT2D eigenvalue weighted by atomic mass is 19.1. The first-order chi connectivity index (χ1) is 10.0. The molecule has 118 valence electrons. The Bertz CT molecular complexity index is 453. The highest BCUT2D eigenvalue weighted by Gasteiger charge is 2.23. The van der Waals surface area contributed by atoms with Crippen LogP contribution in [0.3, 0.4) is 0 Å². The molecule has 1 atom stereocenters. The summed E-state index contributed by atoms with van der Waals surface area (Å²) >= 11 is 0. The molecule has 3 heteroatoms. The zero-order valence-corrected chi connectivity index (χ0v) is 13.6. The van der Waals surface area contributed by atoms with Gasteiger partial charge in [-0.05, 0) is 62.1 Å². The molecule has 1 aromatic carbocycles. The molecule has 1 aliphatic carbocycles. The SMILES string of the molecule is CCC(N)Cc1ccc(N(C)C2CCC(C)CC2)c(F)c1. The van der Waals surface area contributed by atoms with Crippen LogP contribution in [0.2, 0.25) is 0 Å². The summed E-state index contributed by atoms with van der Waals surface area (Å²) in [5.74, 6) is 0.703. The fourth-order valence-corrected chi connectivity index (χ4v) is 3.24. The summed E-state index contributed by atoms with van der Waals surface area (Å²) in [5, 5.41) is 0. The first-order valence-corrected chi connectivity index (χ1v) is 8.28. The fraction of sp³-hybridized carbons (Fsp3) is 0.667. The lowest BCUT2D eigenvalue weighted by Crippen LogP contribution is -2.35. The van der Waals surface area contributed by atoms with E-state index in [4.69, 9.17) is 5.73 Å². The molecule has 21 heavy (non-hydrogen) atoms. The standard InChI is InChI=1S/C18H29FN2/c1-4-15(20)11-14-7-10-18(17(19)12-14)21(3)16-8-5-13(2)6-9-16/h7,10,12-13,15-16H,4-6,8-9,11,20H2,1-3H3. The van der Waals surface area contributed by atoms with E-state index in [1.807, 2.05) is 19.2 Å². The Balaban J connectivity index is 2.06. The molecule has 0 bridgehead atoms. The van der Waals surface area contributed by atoms with Gasteiger partial charge < -0.3 is 10.6 Å². The van der Waals surface area contributed by atoms with Crippen LogP contribution in [0, 0.1) is 11.7 Å². The van der Waals surface area contributed by atoms with Gasteiger partial charge in [-0.3, -0.25) is 0 Å². The second-order valence-corrected chi connectivity index (χ2v) is 6.68. The van der Waals surface area contributed by atoms with Gasteiger partial charge in [0.15, 0.2) is 0 Å². The lowest BCUT2D eigenvalue weighted by molar-refractivity contribution is 0.339. The minimum atomic E-state index is -0.114. The van der Waals surface area contributed by atoms with E-state index < -0.39 is 0 Å². The van der Waals surface area contributed by atoms with Crippen LogP contribution in [0.1, 0.15) is 51.5 Å². The minimum Gasteiger partial charge on any atom is -0.369 e. The van der Waals surface area contributed by atoms with Crippen molar-refractivity contribution < 1.29 is 4.39 Å². The van der Waals surface area contributed by atoms with Crippen LogP contribution >= 0.6 is 0 Å². The molecule has 0 aliphatic heterocycles. The van der Waals surface area contributed by atoms with E-state index in [9.17, 15) is 4.39 Å². The van der Waals surface area contributed by atoms with Gasteiger partial charge >= 0.3 is 0 Å². The van der Waals surface area contributed by atoms with Crippen molar-refractivity contribution in [3.05, 3.63) is 29.6 Å². The van der Waals surface area contributed by atoms with E-state index in [2.05, 4.69) is 18.7 Å². The van der Waals surface area contributed by atoms with Crippen molar-refractivity contribution in [1.29, 1.82) is 0 Å². The van der Waals surface area contributed by atoms with Crippen LogP contribution in [-0.2, 0) is 6.42 Å². The average Bonchev–Trinajstić information content (AvgIpc) is 2.47. The van der Waals surface area contributed by atoms with E-state index in [0.717, 1.165) is 30.0 Å². The van der Waals surface area contributed by atoms with Gasteiger partial charge in [0, 0.05) is 19.1 Å². The van der Waals surface area contributed by atoms with Crippen molar-refractivity contribution in [2.45, 2.75) is 64.5 Å². The van der Waals surface area contributed by atoms with Crippen LogP contribution in [0.5, 0.6) is 0 Å². The number of rotatable bonds is 5. The van der Waals surface area contributed by atoms with E-state index in [0.29, 0.717) is 6.04 Å². The number of benzene rings is 1. The Labute approximate surface area is 128 Å². The van der Waals surface area contributed by atoms with Crippen LogP contribution in [-0.4, -0.2) is 19.1 Å².